The lowest BCUT2D eigenvalue weighted by molar-refractivity contribution is 0.377. The van der Waals surface area contributed by atoms with Crippen molar-refractivity contribution in [3.05, 3.63) is 52.9 Å². The summed E-state index contributed by atoms with van der Waals surface area (Å²) in [5.41, 5.74) is 0.470. The molecule has 0 spiro atoms. The summed E-state index contributed by atoms with van der Waals surface area (Å²) in [5, 5.41) is 8.47. The molecule has 0 unspecified atom stereocenters. The van der Waals surface area contributed by atoms with Crippen molar-refractivity contribution in [2.75, 3.05) is 26.0 Å². The van der Waals surface area contributed by atoms with E-state index in [0.29, 0.717) is 40.8 Å². The highest BCUT2D eigenvalue weighted by atomic mass is 35.5. The van der Waals surface area contributed by atoms with E-state index in [4.69, 9.17) is 16.0 Å². The predicted molar refractivity (Wildman–Crippen MR) is 116 cm³/mol. The second-order valence-electron chi connectivity index (χ2n) is 5.74. The van der Waals surface area contributed by atoms with Crippen LogP contribution in [0.2, 0.25) is 0 Å². The molecule has 0 amide bonds. The molecule has 1 aromatic heterocycles. The first kappa shape index (κ1) is 24.3. The summed E-state index contributed by atoms with van der Waals surface area (Å²) in [5.74, 6) is 0.0179. The quantitative estimate of drug-likeness (QED) is 0.582. The molecule has 0 bridgehead atoms. The molecule has 0 aromatic carbocycles. The van der Waals surface area contributed by atoms with Crippen LogP contribution in [0.1, 0.15) is 25.1 Å². The summed E-state index contributed by atoms with van der Waals surface area (Å²) < 4.78 is 54.1. The van der Waals surface area contributed by atoms with Gasteiger partial charge >= 0.3 is 0 Å². The Labute approximate surface area is 183 Å². The van der Waals surface area contributed by atoms with Crippen molar-refractivity contribution >= 4 is 43.3 Å². The molecule has 1 aliphatic carbocycles. The Morgan fingerprint density at radius 3 is 2.73 bits per heavy atom. The number of alkyl halides is 2. The number of allylic oxidation sites excluding steroid dienone is 5. The minimum Gasteiger partial charge on any atom is -0.417 e. The molecule has 164 valence electrons. The van der Waals surface area contributed by atoms with Gasteiger partial charge in [-0.2, -0.15) is 0 Å². The van der Waals surface area contributed by atoms with Crippen LogP contribution in [0.5, 0.6) is 0 Å². The number of aromatic nitrogens is 2. The average Bonchev–Trinajstić information content (AvgIpc) is 3.15. The summed E-state index contributed by atoms with van der Waals surface area (Å²) >= 11 is 7.36. The standard InChI is InChI=1S/C17H18ClFN4O3S2.CH3F/c1-2-28(24,25)23(13-6-4-3-5-12(18)9-13)11-16-20-8-7-14(27-16)17-22-21-15(10-19)26-17;1-2/h4-7,9H,2-3,8,10-11H2,1H3;1H3. The van der Waals surface area contributed by atoms with E-state index in [0.717, 1.165) is 0 Å². The van der Waals surface area contributed by atoms with Gasteiger partial charge in [0.15, 0.2) is 6.67 Å². The third kappa shape index (κ3) is 6.26. The third-order valence-corrected chi connectivity index (χ3v) is 6.91. The molecule has 2 aliphatic rings. The van der Waals surface area contributed by atoms with Crippen molar-refractivity contribution < 1.29 is 21.6 Å². The number of rotatable bonds is 7. The molecular weight excluding hydrogens is 458 g/mol. The first-order valence-electron chi connectivity index (χ1n) is 8.85. The number of halogens is 3. The van der Waals surface area contributed by atoms with Crippen molar-refractivity contribution in [2.24, 2.45) is 4.99 Å². The molecule has 2 heterocycles. The van der Waals surface area contributed by atoms with Crippen LogP contribution in [-0.4, -0.2) is 54.0 Å². The number of sulfonamides is 1. The highest BCUT2D eigenvalue weighted by Gasteiger charge is 2.26. The summed E-state index contributed by atoms with van der Waals surface area (Å²) in [4.78, 5) is 5.01. The molecule has 0 fully saturated rings. The molecule has 12 heteroatoms. The zero-order valence-corrected chi connectivity index (χ0v) is 18.8. The van der Waals surface area contributed by atoms with Gasteiger partial charge in [0.05, 0.1) is 41.7 Å². The van der Waals surface area contributed by atoms with E-state index in [9.17, 15) is 17.2 Å². The van der Waals surface area contributed by atoms with Gasteiger partial charge in [0.1, 0.15) is 0 Å². The van der Waals surface area contributed by atoms with Crippen molar-refractivity contribution in [3.8, 4) is 0 Å². The number of aliphatic imine (C=N–C) groups is 1. The van der Waals surface area contributed by atoms with E-state index in [1.165, 1.54) is 16.1 Å². The highest BCUT2D eigenvalue weighted by Crippen LogP contribution is 2.32. The summed E-state index contributed by atoms with van der Waals surface area (Å²) in [7, 11) is -3.07. The van der Waals surface area contributed by atoms with E-state index in [-0.39, 0.29) is 24.1 Å². The van der Waals surface area contributed by atoms with Gasteiger partial charge in [-0.15, -0.1) is 10.2 Å². The van der Waals surface area contributed by atoms with E-state index in [1.807, 2.05) is 6.08 Å². The van der Waals surface area contributed by atoms with Gasteiger partial charge in [0.25, 0.3) is 5.89 Å². The Morgan fingerprint density at radius 1 is 1.30 bits per heavy atom. The number of thioether (sulfide) groups is 1. The molecule has 0 radical (unpaired) electrons. The molecular formula is C18H21ClF2N4O3S2. The third-order valence-electron chi connectivity index (χ3n) is 3.85. The predicted octanol–water partition coefficient (Wildman–Crippen LogP) is 4.23. The van der Waals surface area contributed by atoms with Gasteiger partial charge in [-0.1, -0.05) is 35.5 Å². The second-order valence-corrected chi connectivity index (χ2v) is 9.48. The van der Waals surface area contributed by atoms with E-state index in [1.54, 1.807) is 31.2 Å². The molecule has 3 rings (SSSR count). The van der Waals surface area contributed by atoms with Crippen molar-refractivity contribution in [1.82, 2.24) is 14.5 Å². The van der Waals surface area contributed by atoms with Crippen LogP contribution in [0, 0.1) is 0 Å². The van der Waals surface area contributed by atoms with E-state index < -0.39 is 16.7 Å². The molecule has 0 N–H and O–H groups in total. The van der Waals surface area contributed by atoms with Gasteiger partial charge in [-0.3, -0.25) is 13.7 Å². The Balaban J connectivity index is 0.00000155. The van der Waals surface area contributed by atoms with Crippen LogP contribution >= 0.6 is 23.4 Å². The molecule has 0 atom stereocenters. The Bertz CT molecular complexity index is 1000. The minimum atomic E-state index is -3.57. The summed E-state index contributed by atoms with van der Waals surface area (Å²) in [6, 6.07) is 0. The van der Waals surface area contributed by atoms with Crippen LogP contribution in [-0.2, 0) is 16.7 Å². The molecule has 30 heavy (non-hydrogen) atoms. The van der Waals surface area contributed by atoms with Gasteiger partial charge in [0.2, 0.25) is 15.9 Å². The van der Waals surface area contributed by atoms with Crippen LogP contribution in [0.25, 0.3) is 4.91 Å². The highest BCUT2D eigenvalue weighted by molar-refractivity contribution is 8.21. The molecule has 1 aliphatic heterocycles. The second kappa shape index (κ2) is 11.4. The number of nitrogens with zero attached hydrogens (tertiary/aromatic N) is 4. The first-order chi connectivity index (χ1) is 14.4. The largest absolute Gasteiger partial charge is 0.417 e. The van der Waals surface area contributed by atoms with Crippen LogP contribution in [0.4, 0.5) is 8.78 Å². The van der Waals surface area contributed by atoms with Crippen molar-refractivity contribution in [2.45, 2.75) is 20.0 Å². The Kier molecular flexibility index (Phi) is 9.25. The normalized spacial score (nSPS) is 16.4. The summed E-state index contributed by atoms with van der Waals surface area (Å²) in [6.07, 6.45) is 9.39. The Hall–Kier alpha value is -1.98. The van der Waals surface area contributed by atoms with Crippen LogP contribution < -0.4 is 0 Å². The maximum Gasteiger partial charge on any atom is 0.254 e. The molecule has 1 aromatic rings. The molecule has 0 saturated carbocycles. The van der Waals surface area contributed by atoms with Gasteiger partial charge < -0.3 is 4.42 Å². The Morgan fingerprint density at radius 2 is 2.07 bits per heavy atom. The maximum atomic E-state index is 12.7. The fraction of sp³-hybridized carbons (Fsp3) is 0.389. The monoisotopic (exact) mass is 478 g/mol. The average molecular weight is 479 g/mol. The summed E-state index contributed by atoms with van der Waals surface area (Å²) in [6.45, 7) is 1.12. The zero-order chi connectivity index (χ0) is 22.1. The van der Waals surface area contributed by atoms with Crippen molar-refractivity contribution in [3.63, 3.8) is 0 Å². The SMILES string of the molecule is CCS(=O)(=O)N(CC1=NCC=C(c2nnc(CF)o2)S1)C1=CC(Cl)=CCC=C1.CF. The van der Waals surface area contributed by atoms with Crippen molar-refractivity contribution in [1.29, 1.82) is 0 Å². The topological polar surface area (TPSA) is 88.7 Å². The molecule has 7 nitrogen and oxygen atoms in total. The lowest BCUT2D eigenvalue weighted by Crippen LogP contribution is -2.35. The van der Waals surface area contributed by atoms with E-state index in [2.05, 4.69) is 15.2 Å². The van der Waals surface area contributed by atoms with Gasteiger partial charge in [-0.25, -0.2) is 12.8 Å². The van der Waals surface area contributed by atoms with Crippen LogP contribution in [0.15, 0.2) is 50.5 Å². The van der Waals surface area contributed by atoms with Gasteiger partial charge in [-0.05, 0) is 31.6 Å². The zero-order valence-electron chi connectivity index (χ0n) is 16.4. The van der Waals surface area contributed by atoms with E-state index >= 15 is 0 Å². The number of hydrogen-bond donors (Lipinski definition) is 0. The van der Waals surface area contributed by atoms with Gasteiger partial charge in [0, 0.05) is 5.03 Å². The smallest absolute Gasteiger partial charge is 0.254 e. The minimum absolute atomic E-state index is 0.0443. The van der Waals surface area contributed by atoms with Crippen LogP contribution in [0.3, 0.4) is 0 Å². The fourth-order valence-corrected chi connectivity index (χ4v) is 4.72. The first-order valence-corrected chi connectivity index (χ1v) is 11.7. The number of hydrogen-bond acceptors (Lipinski definition) is 7. The lowest BCUT2D eigenvalue weighted by Gasteiger charge is -2.26. The fourth-order valence-electron chi connectivity index (χ4n) is 2.45. The lowest BCUT2D eigenvalue weighted by atomic mass is 10.3. The maximum absolute atomic E-state index is 12.7. The molecule has 0 saturated heterocycles.